The van der Waals surface area contributed by atoms with Crippen LogP contribution < -0.4 is 9.46 Å². The summed E-state index contributed by atoms with van der Waals surface area (Å²) in [6.07, 6.45) is 0.906. The van der Waals surface area contributed by atoms with Crippen LogP contribution >= 0.6 is 0 Å². The summed E-state index contributed by atoms with van der Waals surface area (Å²) < 4.78 is 48.7. The molecule has 32 heavy (non-hydrogen) atoms. The van der Waals surface area contributed by atoms with E-state index in [9.17, 15) is 17.6 Å². The lowest BCUT2D eigenvalue weighted by molar-refractivity contribution is 0.0706. The first-order chi connectivity index (χ1) is 15.4. The number of nitrogens with zero attached hydrogens (tertiary/aromatic N) is 1. The molecule has 8 heteroatoms. The second-order valence-corrected chi connectivity index (χ2v) is 9.39. The van der Waals surface area contributed by atoms with E-state index in [1.807, 2.05) is 19.1 Å². The Balaban J connectivity index is 1.48. The van der Waals surface area contributed by atoms with E-state index in [1.54, 1.807) is 35.2 Å². The number of fused-ring (bicyclic) bond motifs is 1. The highest BCUT2D eigenvalue weighted by Crippen LogP contribution is 2.31. The minimum atomic E-state index is -3.78. The van der Waals surface area contributed by atoms with Crippen molar-refractivity contribution in [3.8, 4) is 5.75 Å². The van der Waals surface area contributed by atoms with Crippen LogP contribution in [0, 0.1) is 5.82 Å². The van der Waals surface area contributed by atoms with Crippen LogP contribution in [0.3, 0.4) is 0 Å². The Labute approximate surface area is 187 Å². The zero-order chi connectivity index (χ0) is 22.7. The molecule has 0 saturated carbocycles. The molecule has 1 fully saturated rings. The predicted octanol–water partition coefficient (Wildman–Crippen LogP) is 3.96. The molecular formula is C24H25FN2O4S. The summed E-state index contributed by atoms with van der Waals surface area (Å²) in [5.74, 6) is -0.286. The number of halogens is 1. The number of hydrogen-bond acceptors (Lipinski definition) is 4. The number of carbonyl (C=O) groups excluding carboxylic acids is 1. The van der Waals surface area contributed by atoms with Gasteiger partial charge in [-0.3, -0.25) is 4.79 Å². The van der Waals surface area contributed by atoms with Crippen molar-refractivity contribution in [2.75, 3.05) is 19.7 Å². The fourth-order valence-electron chi connectivity index (χ4n) is 4.05. The summed E-state index contributed by atoms with van der Waals surface area (Å²) in [5.41, 5.74) is 0.0346. The van der Waals surface area contributed by atoms with Crippen LogP contribution in [0.25, 0.3) is 10.8 Å². The maximum absolute atomic E-state index is 13.9. The third-order valence-corrected chi connectivity index (χ3v) is 7.22. The second kappa shape index (κ2) is 9.26. The van der Waals surface area contributed by atoms with Crippen LogP contribution in [-0.2, 0) is 10.0 Å². The average molecular weight is 457 g/mol. The van der Waals surface area contributed by atoms with Gasteiger partial charge in [-0.05, 0) is 44.0 Å². The summed E-state index contributed by atoms with van der Waals surface area (Å²) in [5, 5.41) is 1.33. The van der Waals surface area contributed by atoms with Crippen LogP contribution in [0.4, 0.5) is 4.39 Å². The monoisotopic (exact) mass is 456 g/mol. The zero-order valence-corrected chi connectivity index (χ0v) is 18.6. The fraction of sp³-hybridized carbons (Fsp3) is 0.292. The van der Waals surface area contributed by atoms with Crippen LogP contribution in [0.2, 0.25) is 0 Å². The maximum atomic E-state index is 13.9. The number of ether oxygens (including phenoxy) is 1. The number of hydrogen-bond donors (Lipinski definition) is 1. The SMILES string of the molecule is CCOc1ccc(S(=O)(=O)NC2CCN(C(=O)c3ccccc3F)CC2)c2ccccc12. The van der Waals surface area contributed by atoms with Gasteiger partial charge >= 0.3 is 0 Å². The van der Waals surface area contributed by atoms with E-state index in [-0.39, 0.29) is 22.4 Å². The van der Waals surface area contributed by atoms with Crippen LogP contribution in [0.15, 0.2) is 65.6 Å². The van der Waals surface area contributed by atoms with E-state index < -0.39 is 15.8 Å². The minimum Gasteiger partial charge on any atom is -0.493 e. The number of rotatable bonds is 6. The molecule has 1 aliphatic heterocycles. The number of nitrogens with one attached hydrogen (secondary N) is 1. The largest absolute Gasteiger partial charge is 0.493 e. The quantitative estimate of drug-likeness (QED) is 0.609. The Morgan fingerprint density at radius 1 is 1.03 bits per heavy atom. The topological polar surface area (TPSA) is 75.7 Å². The minimum absolute atomic E-state index is 0.0346. The van der Waals surface area contributed by atoms with Crippen molar-refractivity contribution >= 4 is 26.7 Å². The third-order valence-electron chi connectivity index (χ3n) is 5.64. The van der Waals surface area contributed by atoms with Crippen molar-refractivity contribution in [3.63, 3.8) is 0 Å². The van der Waals surface area contributed by atoms with Gasteiger partial charge in [0.05, 0.1) is 17.1 Å². The molecule has 0 aromatic heterocycles. The van der Waals surface area contributed by atoms with E-state index in [0.717, 1.165) is 5.39 Å². The normalized spacial score (nSPS) is 15.1. The first kappa shape index (κ1) is 22.2. The highest BCUT2D eigenvalue weighted by molar-refractivity contribution is 7.89. The molecule has 1 aliphatic rings. The number of sulfonamides is 1. The van der Waals surface area contributed by atoms with Gasteiger partial charge in [-0.1, -0.05) is 36.4 Å². The number of carbonyl (C=O) groups is 1. The first-order valence-electron chi connectivity index (χ1n) is 10.6. The Hall–Kier alpha value is -2.97. The number of piperidine rings is 1. The lowest BCUT2D eigenvalue weighted by Gasteiger charge is -2.32. The maximum Gasteiger partial charge on any atom is 0.256 e. The number of amides is 1. The zero-order valence-electron chi connectivity index (χ0n) is 17.8. The molecule has 3 aromatic carbocycles. The Bertz CT molecular complexity index is 1240. The van der Waals surface area contributed by atoms with Gasteiger partial charge in [-0.15, -0.1) is 0 Å². The molecule has 168 valence electrons. The molecule has 0 radical (unpaired) electrons. The standard InChI is InChI=1S/C24H25FN2O4S/c1-2-31-22-11-12-23(19-8-4-3-7-18(19)22)32(29,30)26-17-13-15-27(16-14-17)24(28)20-9-5-6-10-21(20)25/h3-12,17,26H,2,13-16H2,1H3. The molecule has 0 unspecified atom stereocenters. The molecule has 1 amide bonds. The van der Waals surface area contributed by atoms with Gasteiger partial charge in [-0.25, -0.2) is 17.5 Å². The molecule has 1 saturated heterocycles. The van der Waals surface area contributed by atoms with Crippen molar-refractivity contribution in [3.05, 3.63) is 72.0 Å². The lowest BCUT2D eigenvalue weighted by atomic mass is 10.0. The van der Waals surface area contributed by atoms with Gasteiger partial charge in [0.15, 0.2) is 0 Å². The van der Waals surface area contributed by atoms with Gasteiger partial charge < -0.3 is 9.64 Å². The lowest BCUT2D eigenvalue weighted by Crippen LogP contribution is -2.46. The van der Waals surface area contributed by atoms with Crippen LogP contribution in [-0.4, -0.2) is 45.0 Å². The van der Waals surface area contributed by atoms with E-state index in [0.29, 0.717) is 43.7 Å². The van der Waals surface area contributed by atoms with Gasteiger partial charge in [-0.2, -0.15) is 0 Å². The molecular weight excluding hydrogens is 431 g/mol. The van der Waals surface area contributed by atoms with Crippen LogP contribution in [0.5, 0.6) is 5.75 Å². The van der Waals surface area contributed by atoms with Crippen molar-refractivity contribution in [1.29, 1.82) is 0 Å². The predicted molar refractivity (Wildman–Crippen MR) is 121 cm³/mol. The molecule has 0 bridgehead atoms. The Kier molecular flexibility index (Phi) is 6.43. The first-order valence-corrected chi connectivity index (χ1v) is 12.1. The van der Waals surface area contributed by atoms with Crippen molar-refractivity contribution < 1.29 is 22.3 Å². The molecule has 0 spiro atoms. The number of likely N-dealkylation sites (tertiary alicyclic amines) is 1. The molecule has 6 nitrogen and oxygen atoms in total. The fourth-order valence-corrected chi connectivity index (χ4v) is 5.56. The van der Waals surface area contributed by atoms with Gasteiger partial charge in [0.1, 0.15) is 11.6 Å². The Morgan fingerprint density at radius 3 is 2.38 bits per heavy atom. The van der Waals surface area contributed by atoms with Crippen LogP contribution in [0.1, 0.15) is 30.1 Å². The molecule has 0 atom stereocenters. The van der Waals surface area contributed by atoms with Crippen molar-refractivity contribution in [2.24, 2.45) is 0 Å². The molecule has 3 aromatic rings. The molecule has 0 aliphatic carbocycles. The summed E-state index contributed by atoms with van der Waals surface area (Å²) in [6.45, 7) is 3.07. The smallest absolute Gasteiger partial charge is 0.256 e. The molecule has 1 N–H and O–H groups in total. The second-order valence-electron chi connectivity index (χ2n) is 7.71. The van der Waals surface area contributed by atoms with E-state index in [1.165, 1.54) is 18.2 Å². The number of benzene rings is 3. The van der Waals surface area contributed by atoms with Gasteiger partial charge in [0.25, 0.3) is 5.91 Å². The van der Waals surface area contributed by atoms with Gasteiger partial charge in [0.2, 0.25) is 10.0 Å². The summed E-state index contributed by atoms with van der Waals surface area (Å²) in [7, 11) is -3.78. The van der Waals surface area contributed by atoms with E-state index >= 15 is 0 Å². The van der Waals surface area contributed by atoms with Crippen molar-refractivity contribution in [2.45, 2.75) is 30.7 Å². The van der Waals surface area contributed by atoms with E-state index in [4.69, 9.17) is 4.74 Å². The summed E-state index contributed by atoms with van der Waals surface area (Å²) >= 11 is 0. The van der Waals surface area contributed by atoms with Crippen molar-refractivity contribution in [1.82, 2.24) is 9.62 Å². The third kappa shape index (κ3) is 4.47. The van der Waals surface area contributed by atoms with E-state index in [2.05, 4.69) is 4.72 Å². The van der Waals surface area contributed by atoms with Gasteiger partial charge in [0, 0.05) is 29.9 Å². The molecule has 4 rings (SSSR count). The molecule has 1 heterocycles. The average Bonchev–Trinajstić information content (AvgIpc) is 2.79. The Morgan fingerprint density at radius 2 is 1.69 bits per heavy atom. The highest BCUT2D eigenvalue weighted by atomic mass is 32.2. The summed E-state index contributed by atoms with van der Waals surface area (Å²) in [6, 6.07) is 16.1. The summed E-state index contributed by atoms with van der Waals surface area (Å²) in [4.78, 5) is 14.4. The highest BCUT2D eigenvalue weighted by Gasteiger charge is 2.29.